The fourth-order valence-electron chi connectivity index (χ4n) is 3.33. The molecular formula is C26H21F3N2O4. The summed E-state index contributed by atoms with van der Waals surface area (Å²) in [6.45, 7) is 0. The minimum absolute atomic E-state index is 0.247. The third-order valence-corrected chi connectivity index (χ3v) is 5.04. The predicted molar refractivity (Wildman–Crippen MR) is 126 cm³/mol. The van der Waals surface area contributed by atoms with Crippen molar-refractivity contribution in [1.29, 1.82) is 0 Å². The van der Waals surface area contributed by atoms with Gasteiger partial charge in [0.1, 0.15) is 0 Å². The van der Waals surface area contributed by atoms with E-state index in [-0.39, 0.29) is 5.56 Å². The highest BCUT2D eigenvalue weighted by Crippen LogP contribution is 2.28. The minimum Gasteiger partial charge on any atom is -0.478 e. The third-order valence-electron chi connectivity index (χ3n) is 5.04. The van der Waals surface area contributed by atoms with E-state index in [1.54, 1.807) is 18.5 Å². The fourth-order valence-corrected chi connectivity index (χ4v) is 3.33. The van der Waals surface area contributed by atoms with Crippen LogP contribution < -0.4 is 5.32 Å². The number of anilines is 2. The monoisotopic (exact) mass is 482 g/mol. The summed E-state index contributed by atoms with van der Waals surface area (Å²) in [4.78, 5) is 24.9. The van der Waals surface area contributed by atoms with Gasteiger partial charge >= 0.3 is 18.1 Å². The van der Waals surface area contributed by atoms with Crippen molar-refractivity contribution in [3.63, 3.8) is 0 Å². The van der Waals surface area contributed by atoms with Gasteiger partial charge in [0, 0.05) is 17.0 Å². The summed E-state index contributed by atoms with van der Waals surface area (Å²) in [5.41, 5.74) is 3.97. The van der Waals surface area contributed by atoms with Gasteiger partial charge in [-0.15, -0.1) is 0 Å². The van der Waals surface area contributed by atoms with Crippen LogP contribution in [0.5, 0.6) is 0 Å². The van der Waals surface area contributed by atoms with E-state index < -0.39 is 18.1 Å². The van der Waals surface area contributed by atoms with Crippen molar-refractivity contribution in [1.82, 2.24) is 4.98 Å². The average molecular weight is 482 g/mol. The summed E-state index contributed by atoms with van der Waals surface area (Å²) in [5, 5.41) is 22.0. The van der Waals surface area contributed by atoms with Gasteiger partial charge in [0.15, 0.2) is 0 Å². The first-order valence-corrected chi connectivity index (χ1v) is 10.4. The quantitative estimate of drug-likeness (QED) is 0.307. The zero-order valence-corrected chi connectivity index (χ0v) is 18.3. The molecule has 0 spiro atoms. The number of hydrogen-bond acceptors (Lipinski definition) is 4. The van der Waals surface area contributed by atoms with Gasteiger partial charge in [0.05, 0.1) is 23.1 Å². The molecule has 0 aliphatic carbocycles. The van der Waals surface area contributed by atoms with Crippen LogP contribution in [0.1, 0.15) is 21.5 Å². The number of aromatic nitrogens is 1. The first-order valence-electron chi connectivity index (χ1n) is 10.4. The van der Waals surface area contributed by atoms with Crippen molar-refractivity contribution < 1.29 is 33.0 Å². The number of pyridine rings is 1. The Hall–Kier alpha value is -4.40. The van der Waals surface area contributed by atoms with Crippen molar-refractivity contribution in [2.75, 3.05) is 5.32 Å². The van der Waals surface area contributed by atoms with E-state index in [1.165, 1.54) is 5.56 Å². The van der Waals surface area contributed by atoms with Crippen LogP contribution in [0.3, 0.4) is 0 Å². The van der Waals surface area contributed by atoms with Crippen molar-refractivity contribution in [2.45, 2.75) is 19.0 Å². The summed E-state index contributed by atoms with van der Waals surface area (Å²) < 4.78 is 31.7. The maximum atomic E-state index is 11.7. The number of rotatable bonds is 6. The normalized spacial score (nSPS) is 10.8. The molecule has 4 aromatic rings. The lowest BCUT2D eigenvalue weighted by molar-refractivity contribution is -0.192. The molecule has 35 heavy (non-hydrogen) atoms. The lowest BCUT2D eigenvalue weighted by Gasteiger charge is -2.13. The van der Waals surface area contributed by atoms with Gasteiger partial charge in [0.2, 0.25) is 0 Å². The zero-order valence-electron chi connectivity index (χ0n) is 18.3. The number of hydrogen-bond donors (Lipinski definition) is 3. The molecule has 0 amide bonds. The maximum Gasteiger partial charge on any atom is 0.490 e. The molecule has 0 saturated heterocycles. The number of carboxylic acid groups (broad SMARTS) is 2. The molecule has 0 unspecified atom stereocenters. The number of aryl methyl sites for hydroxylation is 2. The number of carboxylic acids is 2. The molecular weight excluding hydrogens is 461 g/mol. The second-order valence-electron chi connectivity index (χ2n) is 7.51. The Morgan fingerprint density at radius 2 is 1.43 bits per heavy atom. The standard InChI is InChI=1S/C24H20N2O2.C2HF3O2/c27-24(28)21-13-12-18(11-10-17-6-2-1-3-7-17)14-22(21)26-23-16-25-15-19-8-4-5-9-20(19)23;3-2(4,5)1(6)7/h1-9,12-16,26H,10-11H2,(H,27,28);(H,6,7). The molecule has 4 rings (SSSR count). The molecule has 3 N–H and O–H groups in total. The van der Waals surface area contributed by atoms with Gasteiger partial charge in [-0.1, -0.05) is 60.7 Å². The topological polar surface area (TPSA) is 99.5 Å². The lowest BCUT2D eigenvalue weighted by Crippen LogP contribution is -2.21. The Kier molecular flexibility index (Phi) is 8.04. The average Bonchev–Trinajstić information content (AvgIpc) is 2.83. The van der Waals surface area contributed by atoms with Crippen LogP contribution in [0.4, 0.5) is 24.5 Å². The molecule has 1 heterocycles. The minimum atomic E-state index is -5.08. The van der Waals surface area contributed by atoms with Gasteiger partial charge in [0.25, 0.3) is 0 Å². The molecule has 0 saturated carbocycles. The van der Waals surface area contributed by atoms with Crippen LogP contribution in [0.15, 0.2) is 85.2 Å². The third kappa shape index (κ3) is 7.04. The van der Waals surface area contributed by atoms with Crippen LogP contribution >= 0.6 is 0 Å². The van der Waals surface area contributed by atoms with Gasteiger partial charge < -0.3 is 15.5 Å². The van der Waals surface area contributed by atoms with Gasteiger partial charge in [-0.3, -0.25) is 4.98 Å². The second-order valence-corrected chi connectivity index (χ2v) is 7.51. The van der Waals surface area contributed by atoms with Crippen molar-refractivity contribution in [3.8, 4) is 0 Å². The first kappa shape index (κ1) is 25.2. The maximum absolute atomic E-state index is 11.7. The van der Waals surface area contributed by atoms with Crippen LogP contribution in [0.2, 0.25) is 0 Å². The predicted octanol–water partition coefficient (Wildman–Crippen LogP) is 6.10. The van der Waals surface area contributed by atoms with Crippen LogP contribution in [0, 0.1) is 0 Å². The Morgan fingerprint density at radius 3 is 2.09 bits per heavy atom. The number of aromatic carboxylic acids is 1. The molecule has 0 aliphatic heterocycles. The first-order chi connectivity index (χ1) is 16.6. The Labute approximate surface area is 198 Å². The van der Waals surface area contributed by atoms with E-state index in [1.807, 2.05) is 54.6 Å². The zero-order chi connectivity index (χ0) is 25.4. The Morgan fingerprint density at radius 1 is 0.800 bits per heavy atom. The summed E-state index contributed by atoms with van der Waals surface area (Å²) in [7, 11) is 0. The molecule has 0 bridgehead atoms. The summed E-state index contributed by atoms with van der Waals surface area (Å²) in [6, 6.07) is 23.7. The molecule has 1 aromatic heterocycles. The van der Waals surface area contributed by atoms with Gasteiger partial charge in [-0.25, -0.2) is 9.59 Å². The second kappa shape index (κ2) is 11.1. The van der Waals surface area contributed by atoms with Crippen LogP contribution in [0.25, 0.3) is 10.8 Å². The largest absolute Gasteiger partial charge is 0.490 e. The van der Waals surface area contributed by atoms with Crippen LogP contribution in [-0.2, 0) is 17.6 Å². The number of carbonyl (C=O) groups is 2. The smallest absolute Gasteiger partial charge is 0.478 e. The molecule has 180 valence electrons. The number of alkyl halides is 3. The number of fused-ring (bicyclic) bond motifs is 1. The highest BCUT2D eigenvalue weighted by Gasteiger charge is 2.38. The van der Waals surface area contributed by atoms with E-state index in [2.05, 4.69) is 22.4 Å². The van der Waals surface area contributed by atoms with E-state index in [9.17, 15) is 23.1 Å². The molecule has 9 heteroatoms. The van der Waals surface area contributed by atoms with Crippen molar-refractivity contribution in [3.05, 3.63) is 102 Å². The lowest BCUT2D eigenvalue weighted by atomic mass is 10.0. The molecule has 0 radical (unpaired) electrons. The van der Waals surface area contributed by atoms with Crippen molar-refractivity contribution in [2.24, 2.45) is 0 Å². The van der Waals surface area contributed by atoms with E-state index in [0.29, 0.717) is 5.69 Å². The number of aliphatic carboxylic acids is 1. The number of nitrogens with one attached hydrogen (secondary N) is 1. The summed E-state index contributed by atoms with van der Waals surface area (Å²) >= 11 is 0. The molecule has 6 nitrogen and oxygen atoms in total. The molecule has 0 aliphatic rings. The SMILES string of the molecule is O=C(O)C(F)(F)F.O=C(O)c1ccc(CCc2ccccc2)cc1Nc1cncc2ccccc12. The molecule has 3 aromatic carbocycles. The Bertz CT molecular complexity index is 1320. The number of nitrogens with zero attached hydrogens (tertiary/aromatic N) is 1. The summed E-state index contributed by atoms with van der Waals surface area (Å²) in [6.07, 6.45) is 0.189. The van der Waals surface area contributed by atoms with Gasteiger partial charge in [-0.2, -0.15) is 13.2 Å². The summed E-state index contributed by atoms with van der Waals surface area (Å²) in [5.74, 6) is -3.71. The molecule has 0 fully saturated rings. The Balaban J connectivity index is 0.000000429. The van der Waals surface area contributed by atoms with E-state index in [4.69, 9.17) is 9.90 Å². The number of halogens is 3. The van der Waals surface area contributed by atoms with Crippen molar-refractivity contribution >= 4 is 34.1 Å². The highest BCUT2D eigenvalue weighted by atomic mass is 19.4. The fraction of sp³-hybridized carbons (Fsp3) is 0.115. The van der Waals surface area contributed by atoms with Crippen LogP contribution in [-0.4, -0.2) is 33.3 Å². The van der Waals surface area contributed by atoms with E-state index in [0.717, 1.165) is 34.9 Å². The number of benzene rings is 3. The highest BCUT2D eigenvalue weighted by molar-refractivity contribution is 5.99. The molecule has 0 atom stereocenters. The van der Waals surface area contributed by atoms with E-state index >= 15 is 0 Å². The van der Waals surface area contributed by atoms with Gasteiger partial charge in [-0.05, 0) is 36.1 Å².